The number of hydrogen-bond acceptors (Lipinski definition) is 5. The predicted octanol–water partition coefficient (Wildman–Crippen LogP) is -0.718. The van der Waals surface area contributed by atoms with Gasteiger partial charge in [-0.05, 0) is 6.92 Å². The van der Waals surface area contributed by atoms with Crippen LogP contribution in [0.1, 0.15) is 11.4 Å². The fourth-order valence-corrected chi connectivity index (χ4v) is 2.30. The van der Waals surface area contributed by atoms with Crippen LogP contribution in [-0.2, 0) is 27.9 Å². The second-order valence-corrected chi connectivity index (χ2v) is 6.14. The lowest BCUT2D eigenvalue weighted by atomic mass is 10.1. The lowest BCUT2D eigenvalue weighted by Gasteiger charge is -2.13. The third-order valence-electron chi connectivity index (χ3n) is 2.69. The van der Waals surface area contributed by atoms with Crippen molar-refractivity contribution in [2.75, 3.05) is 19.4 Å². The molecule has 0 saturated carbocycles. The second kappa shape index (κ2) is 4.71. The monoisotopic (exact) mass is 260 g/mol. The van der Waals surface area contributed by atoms with Crippen LogP contribution >= 0.6 is 0 Å². The Morgan fingerprint density at radius 2 is 2.35 bits per heavy atom. The Bertz CT molecular complexity index is 496. The standard InChI is InChI=1S/C9H16N4O3S/c1-7-9-6-16-5-8(3-10-17(2,14)15)4-13(9)12-11-7/h8,10H,3-6H2,1-2H3. The number of aromatic nitrogens is 3. The van der Waals surface area contributed by atoms with Crippen LogP contribution in [0, 0.1) is 12.8 Å². The summed E-state index contributed by atoms with van der Waals surface area (Å²) in [5.41, 5.74) is 1.83. The van der Waals surface area contributed by atoms with Crippen LogP contribution in [0.25, 0.3) is 0 Å². The van der Waals surface area contributed by atoms with Crippen molar-refractivity contribution in [1.29, 1.82) is 0 Å². The van der Waals surface area contributed by atoms with Crippen LogP contribution in [0.5, 0.6) is 0 Å². The van der Waals surface area contributed by atoms with Crippen LogP contribution in [0.4, 0.5) is 0 Å². The molecule has 0 bridgehead atoms. The van der Waals surface area contributed by atoms with E-state index in [0.717, 1.165) is 17.6 Å². The van der Waals surface area contributed by atoms with Gasteiger partial charge in [0, 0.05) is 19.0 Å². The Balaban J connectivity index is 2.03. The lowest BCUT2D eigenvalue weighted by Crippen LogP contribution is -2.32. The van der Waals surface area contributed by atoms with Crippen molar-refractivity contribution in [2.45, 2.75) is 20.1 Å². The average Bonchev–Trinajstić information content (AvgIpc) is 2.49. The molecule has 0 saturated heterocycles. The fourth-order valence-electron chi connectivity index (χ4n) is 1.76. The molecule has 0 radical (unpaired) electrons. The summed E-state index contributed by atoms with van der Waals surface area (Å²) in [5.74, 6) is 0.0760. The molecule has 0 spiro atoms. The molecule has 1 N–H and O–H groups in total. The van der Waals surface area contributed by atoms with Gasteiger partial charge in [-0.3, -0.25) is 0 Å². The summed E-state index contributed by atoms with van der Waals surface area (Å²) >= 11 is 0. The molecule has 8 heteroatoms. The smallest absolute Gasteiger partial charge is 0.208 e. The summed E-state index contributed by atoms with van der Waals surface area (Å²) in [5, 5.41) is 8.00. The van der Waals surface area contributed by atoms with E-state index in [1.807, 2.05) is 6.92 Å². The molecule has 1 aliphatic heterocycles. The van der Waals surface area contributed by atoms with Gasteiger partial charge < -0.3 is 4.74 Å². The Morgan fingerprint density at radius 3 is 3.06 bits per heavy atom. The second-order valence-electron chi connectivity index (χ2n) is 4.31. The first kappa shape index (κ1) is 12.5. The van der Waals surface area contributed by atoms with Gasteiger partial charge in [-0.1, -0.05) is 5.21 Å². The van der Waals surface area contributed by atoms with Crippen molar-refractivity contribution in [1.82, 2.24) is 19.7 Å². The number of sulfonamides is 1. The third-order valence-corrected chi connectivity index (χ3v) is 3.38. The molecule has 1 unspecified atom stereocenters. The van der Waals surface area contributed by atoms with E-state index in [4.69, 9.17) is 4.74 Å². The number of rotatable bonds is 3. The number of nitrogens with zero attached hydrogens (tertiary/aromatic N) is 3. The number of hydrogen-bond donors (Lipinski definition) is 1. The molecule has 2 rings (SSSR count). The van der Waals surface area contributed by atoms with E-state index < -0.39 is 10.0 Å². The number of ether oxygens (including phenoxy) is 1. The normalized spacial score (nSPS) is 20.9. The van der Waals surface area contributed by atoms with E-state index in [2.05, 4.69) is 15.0 Å². The zero-order valence-electron chi connectivity index (χ0n) is 9.88. The zero-order valence-corrected chi connectivity index (χ0v) is 10.7. The largest absolute Gasteiger partial charge is 0.375 e. The Kier molecular flexibility index (Phi) is 3.45. The summed E-state index contributed by atoms with van der Waals surface area (Å²) in [7, 11) is -3.16. The maximum atomic E-state index is 11.0. The number of nitrogens with one attached hydrogen (secondary N) is 1. The summed E-state index contributed by atoms with van der Waals surface area (Å²) in [4.78, 5) is 0. The first-order valence-electron chi connectivity index (χ1n) is 5.37. The van der Waals surface area contributed by atoms with Crippen LogP contribution in [0.3, 0.4) is 0 Å². The molecule has 0 aliphatic carbocycles. The predicted molar refractivity (Wildman–Crippen MR) is 60.8 cm³/mol. The summed E-state index contributed by atoms with van der Waals surface area (Å²) < 4.78 is 31.8. The topological polar surface area (TPSA) is 86.1 Å². The molecule has 2 heterocycles. The summed E-state index contributed by atoms with van der Waals surface area (Å²) in [6.45, 7) is 3.87. The minimum Gasteiger partial charge on any atom is -0.375 e. The molecule has 0 aromatic carbocycles. The molecule has 96 valence electrons. The lowest BCUT2D eigenvalue weighted by molar-refractivity contribution is 0.0954. The van der Waals surface area contributed by atoms with Crippen molar-refractivity contribution in [3.05, 3.63) is 11.4 Å². The molecule has 1 aliphatic rings. The SMILES string of the molecule is Cc1nnn2c1COCC(CNS(C)(=O)=O)C2. The van der Waals surface area contributed by atoms with Gasteiger partial charge in [0.2, 0.25) is 10.0 Å². The van der Waals surface area contributed by atoms with Crippen molar-refractivity contribution in [3.8, 4) is 0 Å². The van der Waals surface area contributed by atoms with Crippen molar-refractivity contribution >= 4 is 10.0 Å². The molecule has 7 nitrogen and oxygen atoms in total. The van der Waals surface area contributed by atoms with Crippen molar-refractivity contribution in [2.24, 2.45) is 5.92 Å². The maximum Gasteiger partial charge on any atom is 0.208 e. The average molecular weight is 260 g/mol. The molecule has 1 aromatic rings. The summed E-state index contributed by atoms with van der Waals surface area (Å²) in [6.07, 6.45) is 1.15. The first-order valence-corrected chi connectivity index (χ1v) is 7.26. The first-order chi connectivity index (χ1) is 7.96. The van der Waals surface area contributed by atoms with E-state index in [1.165, 1.54) is 0 Å². The fraction of sp³-hybridized carbons (Fsp3) is 0.778. The van der Waals surface area contributed by atoms with E-state index in [0.29, 0.717) is 26.3 Å². The molecule has 1 atom stereocenters. The van der Waals surface area contributed by atoms with Crippen molar-refractivity contribution < 1.29 is 13.2 Å². The van der Waals surface area contributed by atoms with Gasteiger partial charge in [0.05, 0.1) is 30.9 Å². The van der Waals surface area contributed by atoms with Gasteiger partial charge in [-0.15, -0.1) is 5.10 Å². The molecular weight excluding hydrogens is 244 g/mol. The number of aryl methyl sites for hydroxylation is 1. The van der Waals surface area contributed by atoms with Gasteiger partial charge in [-0.2, -0.15) is 0 Å². The van der Waals surface area contributed by atoms with Crippen LogP contribution in [0.15, 0.2) is 0 Å². The maximum absolute atomic E-state index is 11.0. The van der Waals surface area contributed by atoms with Gasteiger partial charge in [0.25, 0.3) is 0 Å². The molecular formula is C9H16N4O3S. The molecule has 17 heavy (non-hydrogen) atoms. The highest BCUT2D eigenvalue weighted by molar-refractivity contribution is 7.88. The minimum atomic E-state index is -3.16. The Morgan fingerprint density at radius 1 is 1.59 bits per heavy atom. The van der Waals surface area contributed by atoms with Gasteiger partial charge in [-0.25, -0.2) is 17.8 Å². The molecule has 0 fully saturated rings. The van der Waals surface area contributed by atoms with Crippen LogP contribution in [-0.4, -0.2) is 42.8 Å². The van der Waals surface area contributed by atoms with E-state index in [9.17, 15) is 8.42 Å². The van der Waals surface area contributed by atoms with Crippen molar-refractivity contribution in [3.63, 3.8) is 0 Å². The Hall–Kier alpha value is -0.990. The van der Waals surface area contributed by atoms with Gasteiger partial charge in [0.15, 0.2) is 0 Å². The zero-order chi connectivity index (χ0) is 12.5. The van der Waals surface area contributed by atoms with E-state index >= 15 is 0 Å². The van der Waals surface area contributed by atoms with Gasteiger partial charge >= 0.3 is 0 Å². The van der Waals surface area contributed by atoms with Gasteiger partial charge in [0.1, 0.15) is 0 Å². The number of fused-ring (bicyclic) bond motifs is 1. The van der Waals surface area contributed by atoms with Crippen LogP contribution < -0.4 is 4.72 Å². The highest BCUT2D eigenvalue weighted by Crippen LogP contribution is 2.14. The molecule has 0 amide bonds. The highest BCUT2D eigenvalue weighted by atomic mass is 32.2. The van der Waals surface area contributed by atoms with E-state index in [-0.39, 0.29) is 5.92 Å². The quantitative estimate of drug-likeness (QED) is 0.775. The third kappa shape index (κ3) is 3.24. The Labute approximate surface area is 100 Å². The van der Waals surface area contributed by atoms with E-state index in [1.54, 1.807) is 4.68 Å². The minimum absolute atomic E-state index is 0.0760. The highest BCUT2D eigenvalue weighted by Gasteiger charge is 2.20. The summed E-state index contributed by atoms with van der Waals surface area (Å²) in [6, 6.07) is 0. The van der Waals surface area contributed by atoms with Crippen LogP contribution in [0.2, 0.25) is 0 Å². The molecule has 1 aromatic heterocycles.